The Hall–Kier alpha value is -1.13. The number of aliphatic carboxylic acids is 1. The molecule has 0 saturated heterocycles. The van der Waals surface area contributed by atoms with E-state index in [1.807, 2.05) is 0 Å². The van der Waals surface area contributed by atoms with Gasteiger partial charge in [0.25, 0.3) is 0 Å². The summed E-state index contributed by atoms with van der Waals surface area (Å²) in [5, 5.41) is 17.9. The molecule has 0 radical (unpaired) electrons. The van der Waals surface area contributed by atoms with E-state index in [1.54, 1.807) is 0 Å². The molecule has 1 atom stereocenters. The molecule has 0 aliphatic heterocycles. The molecule has 6 heteroatoms. The molecule has 15 heavy (non-hydrogen) atoms. The molecule has 0 fully saturated rings. The molecule has 1 aromatic carbocycles. The van der Waals surface area contributed by atoms with Crippen molar-refractivity contribution < 1.29 is 19.7 Å². The highest BCUT2D eigenvalue weighted by atomic mass is 35.5. The number of halogens is 2. The summed E-state index contributed by atoms with van der Waals surface area (Å²) in [5.41, 5.74) is 0. The van der Waals surface area contributed by atoms with Crippen molar-refractivity contribution in [1.29, 1.82) is 0 Å². The summed E-state index contributed by atoms with van der Waals surface area (Å²) in [6.45, 7) is 1.36. The molecule has 0 spiro atoms. The van der Waals surface area contributed by atoms with E-state index in [9.17, 15) is 9.90 Å². The molecule has 0 aliphatic carbocycles. The number of rotatable bonds is 3. The average molecular weight is 251 g/mol. The SMILES string of the molecule is CC(Oc1cc(Cl)c(O)cc1Cl)C(=O)O. The first-order chi connectivity index (χ1) is 6.91. The molecule has 0 heterocycles. The van der Waals surface area contributed by atoms with Crippen molar-refractivity contribution in [2.45, 2.75) is 13.0 Å². The van der Waals surface area contributed by atoms with E-state index in [1.165, 1.54) is 19.1 Å². The van der Waals surface area contributed by atoms with Crippen LogP contribution in [0.3, 0.4) is 0 Å². The van der Waals surface area contributed by atoms with Gasteiger partial charge in [0, 0.05) is 12.1 Å². The molecular weight excluding hydrogens is 243 g/mol. The van der Waals surface area contributed by atoms with E-state index in [0.717, 1.165) is 0 Å². The highest BCUT2D eigenvalue weighted by Crippen LogP contribution is 2.35. The molecular formula is C9H8Cl2O4. The standard InChI is InChI=1S/C9H8Cl2O4/c1-4(9(13)14)15-8-3-5(10)7(12)2-6(8)11/h2-4,12H,1H3,(H,13,14). The van der Waals surface area contributed by atoms with Gasteiger partial charge in [-0.25, -0.2) is 4.79 Å². The third kappa shape index (κ3) is 2.91. The summed E-state index contributed by atoms with van der Waals surface area (Å²) in [6, 6.07) is 2.45. The molecule has 82 valence electrons. The summed E-state index contributed by atoms with van der Waals surface area (Å²) < 4.78 is 5.02. The fourth-order valence-corrected chi connectivity index (χ4v) is 1.21. The number of carboxylic acid groups (broad SMARTS) is 1. The Morgan fingerprint density at radius 2 is 2.00 bits per heavy atom. The first kappa shape index (κ1) is 11.9. The van der Waals surface area contributed by atoms with E-state index in [2.05, 4.69) is 0 Å². The quantitative estimate of drug-likeness (QED) is 0.866. The van der Waals surface area contributed by atoms with Crippen LogP contribution < -0.4 is 4.74 Å². The van der Waals surface area contributed by atoms with Gasteiger partial charge in [-0.2, -0.15) is 0 Å². The molecule has 0 saturated carbocycles. The number of carboxylic acids is 1. The predicted octanol–water partition coefficient (Wildman–Crippen LogP) is 2.55. The fourth-order valence-electron chi connectivity index (χ4n) is 0.849. The Labute approximate surface area is 96.0 Å². The zero-order valence-corrected chi connectivity index (χ0v) is 9.21. The summed E-state index contributed by atoms with van der Waals surface area (Å²) in [5.74, 6) is -1.18. The van der Waals surface area contributed by atoms with Crippen LogP contribution in [-0.2, 0) is 4.79 Å². The van der Waals surface area contributed by atoms with Crippen LogP contribution in [0, 0.1) is 0 Å². The molecule has 4 nitrogen and oxygen atoms in total. The van der Waals surface area contributed by atoms with Crippen molar-refractivity contribution in [3.8, 4) is 11.5 Å². The minimum Gasteiger partial charge on any atom is -0.506 e. The minimum atomic E-state index is -1.12. The number of aromatic hydroxyl groups is 1. The number of phenols is 1. The monoisotopic (exact) mass is 250 g/mol. The van der Waals surface area contributed by atoms with Crippen molar-refractivity contribution in [2.75, 3.05) is 0 Å². The normalized spacial score (nSPS) is 12.2. The van der Waals surface area contributed by atoms with E-state index in [4.69, 9.17) is 33.0 Å². The summed E-state index contributed by atoms with van der Waals surface area (Å²) in [6.07, 6.45) is -1.04. The van der Waals surface area contributed by atoms with Gasteiger partial charge >= 0.3 is 5.97 Å². The van der Waals surface area contributed by atoms with Gasteiger partial charge in [0.2, 0.25) is 0 Å². The lowest BCUT2D eigenvalue weighted by atomic mass is 10.3. The van der Waals surface area contributed by atoms with E-state index < -0.39 is 12.1 Å². The Morgan fingerprint density at radius 1 is 1.40 bits per heavy atom. The van der Waals surface area contributed by atoms with Crippen LogP contribution in [0.15, 0.2) is 12.1 Å². The molecule has 0 bridgehead atoms. The number of hydrogen-bond acceptors (Lipinski definition) is 3. The minimum absolute atomic E-state index is 0.0481. The summed E-state index contributed by atoms with van der Waals surface area (Å²) >= 11 is 11.3. The van der Waals surface area contributed by atoms with Crippen molar-refractivity contribution in [3.05, 3.63) is 22.2 Å². The Morgan fingerprint density at radius 3 is 2.53 bits per heavy atom. The second-order valence-electron chi connectivity index (χ2n) is 2.83. The van der Waals surface area contributed by atoms with Crippen LogP contribution >= 0.6 is 23.2 Å². The summed E-state index contributed by atoms with van der Waals surface area (Å²) in [4.78, 5) is 10.5. The molecule has 1 rings (SSSR count). The largest absolute Gasteiger partial charge is 0.506 e. The van der Waals surface area contributed by atoms with Crippen LogP contribution in [0.2, 0.25) is 10.0 Å². The first-order valence-corrected chi connectivity index (χ1v) is 4.75. The highest BCUT2D eigenvalue weighted by molar-refractivity contribution is 6.35. The maximum Gasteiger partial charge on any atom is 0.344 e. The lowest BCUT2D eigenvalue weighted by molar-refractivity contribution is -0.144. The van der Waals surface area contributed by atoms with Gasteiger partial charge < -0.3 is 14.9 Å². The fraction of sp³-hybridized carbons (Fsp3) is 0.222. The highest BCUT2D eigenvalue weighted by Gasteiger charge is 2.15. The average Bonchev–Trinajstić information content (AvgIpc) is 2.13. The molecule has 1 aromatic rings. The molecule has 0 aliphatic rings. The third-order valence-electron chi connectivity index (χ3n) is 1.65. The van der Waals surface area contributed by atoms with Crippen LogP contribution in [0.4, 0.5) is 0 Å². The second-order valence-corrected chi connectivity index (χ2v) is 3.65. The van der Waals surface area contributed by atoms with Gasteiger partial charge in [-0.1, -0.05) is 23.2 Å². The van der Waals surface area contributed by atoms with Crippen LogP contribution in [0.25, 0.3) is 0 Å². The van der Waals surface area contributed by atoms with Gasteiger partial charge in [-0.05, 0) is 6.92 Å². The van der Waals surface area contributed by atoms with Gasteiger partial charge in [0.1, 0.15) is 11.5 Å². The number of benzene rings is 1. The number of carbonyl (C=O) groups is 1. The molecule has 1 unspecified atom stereocenters. The van der Waals surface area contributed by atoms with Gasteiger partial charge in [0.15, 0.2) is 6.10 Å². The van der Waals surface area contributed by atoms with Crippen molar-refractivity contribution in [3.63, 3.8) is 0 Å². The lowest BCUT2D eigenvalue weighted by Gasteiger charge is -2.12. The second kappa shape index (κ2) is 4.59. The van der Waals surface area contributed by atoms with Crippen LogP contribution in [-0.4, -0.2) is 22.3 Å². The lowest BCUT2D eigenvalue weighted by Crippen LogP contribution is -2.22. The summed E-state index contributed by atoms with van der Waals surface area (Å²) in [7, 11) is 0. The molecule has 0 amide bonds. The maximum absolute atomic E-state index is 10.5. The van der Waals surface area contributed by atoms with Crippen molar-refractivity contribution >= 4 is 29.2 Å². The van der Waals surface area contributed by atoms with Crippen molar-refractivity contribution in [2.24, 2.45) is 0 Å². The predicted molar refractivity (Wildman–Crippen MR) is 55.9 cm³/mol. The Kier molecular flexibility index (Phi) is 3.66. The van der Waals surface area contributed by atoms with Crippen LogP contribution in [0.5, 0.6) is 11.5 Å². The molecule has 0 aromatic heterocycles. The van der Waals surface area contributed by atoms with E-state index in [0.29, 0.717) is 0 Å². The zero-order chi connectivity index (χ0) is 11.6. The number of phenolic OH excluding ortho intramolecular Hbond substituents is 1. The smallest absolute Gasteiger partial charge is 0.344 e. The number of ether oxygens (including phenoxy) is 1. The Balaban J connectivity index is 2.95. The van der Waals surface area contributed by atoms with Gasteiger partial charge in [0.05, 0.1) is 10.0 Å². The number of hydrogen-bond donors (Lipinski definition) is 2. The Bertz CT molecular complexity index is 392. The molecule has 2 N–H and O–H groups in total. The van der Waals surface area contributed by atoms with Gasteiger partial charge in [-0.3, -0.25) is 0 Å². The first-order valence-electron chi connectivity index (χ1n) is 3.99. The topological polar surface area (TPSA) is 66.8 Å². The van der Waals surface area contributed by atoms with E-state index in [-0.39, 0.29) is 21.5 Å². The maximum atomic E-state index is 10.5. The third-order valence-corrected chi connectivity index (χ3v) is 2.25. The van der Waals surface area contributed by atoms with Crippen LogP contribution in [0.1, 0.15) is 6.92 Å². The van der Waals surface area contributed by atoms with Crippen molar-refractivity contribution in [1.82, 2.24) is 0 Å². The van der Waals surface area contributed by atoms with E-state index >= 15 is 0 Å². The zero-order valence-electron chi connectivity index (χ0n) is 7.70. The van der Waals surface area contributed by atoms with Gasteiger partial charge in [-0.15, -0.1) is 0 Å².